The molecule has 0 aliphatic carbocycles. The summed E-state index contributed by atoms with van der Waals surface area (Å²) in [6.45, 7) is 1.59. The maximum absolute atomic E-state index is 12.8. The molecular formula is C21H22N2O. The van der Waals surface area contributed by atoms with Gasteiger partial charge >= 0.3 is 0 Å². The lowest BCUT2D eigenvalue weighted by atomic mass is 9.90. The van der Waals surface area contributed by atoms with Gasteiger partial charge in [0, 0.05) is 25.5 Å². The summed E-state index contributed by atoms with van der Waals surface area (Å²) in [4.78, 5) is 12.8. The van der Waals surface area contributed by atoms with Gasteiger partial charge in [-0.05, 0) is 29.7 Å². The molecule has 0 unspecified atom stereocenters. The van der Waals surface area contributed by atoms with E-state index in [1.807, 2.05) is 85.2 Å². The first-order chi connectivity index (χ1) is 11.8. The number of carbonyl (C=O) groups is 1. The van der Waals surface area contributed by atoms with Gasteiger partial charge in [-0.1, -0.05) is 60.7 Å². The fourth-order valence-electron chi connectivity index (χ4n) is 2.88. The van der Waals surface area contributed by atoms with Crippen LogP contribution in [0.15, 0.2) is 85.2 Å². The van der Waals surface area contributed by atoms with Gasteiger partial charge in [0.1, 0.15) is 0 Å². The van der Waals surface area contributed by atoms with Crippen molar-refractivity contribution >= 4 is 5.91 Å². The van der Waals surface area contributed by atoms with E-state index in [0.717, 1.165) is 24.1 Å². The van der Waals surface area contributed by atoms with Crippen LogP contribution in [0.25, 0.3) is 0 Å². The molecule has 1 amide bonds. The van der Waals surface area contributed by atoms with E-state index in [2.05, 4.69) is 9.88 Å². The number of aryl methyl sites for hydroxylation is 1. The van der Waals surface area contributed by atoms with Crippen molar-refractivity contribution in [1.29, 1.82) is 0 Å². The van der Waals surface area contributed by atoms with E-state index < -0.39 is 0 Å². The number of aromatic nitrogens is 1. The molecule has 0 aliphatic heterocycles. The van der Waals surface area contributed by atoms with Crippen LogP contribution in [0.3, 0.4) is 0 Å². The first-order valence-corrected chi connectivity index (χ1v) is 8.33. The molecule has 0 radical (unpaired) electrons. The van der Waals surface area contributed by atoms with Gasteiger partial charge in [-0.3, -0.25) is 4.79 Å². The molecule has 3 heteroatoms. The van der Waals surface area contributed by atoms with Crippen LogP contribution < -0.4 is 5.32 Å². The smallest absolute Gasteiger partial charge is 0.232 e. The van der Waals surface area contributed by atoms with Crippen molar-refractivity contribution in [2.75, 3.05) is 6.54 Å². The van der Waals surface area contributed by atoms with Crippen molar-refractivity contribution in [3.05, 3.63) is 96.3 Å². The molecule has 24 heavy (non-hydrogen) atoms. The van der Waals surface area contributed by atoms with Gasteiger partial charge in [0.25, 0.3) is 0 Å². The van der Waals surface area contributed by atoms with Crippen LogP contribution in [0.1, 0.15) is 23.5 Å². The molecule has 1 aromatic heterocycles. The summed E-state index contributed by atoms with van der Waals surface area (Å²) in [5.41, 5.74) is 2.04. The summed E-state index contributed by atoms with van der Waals surface area (Å²) >= 11 is 0. The third kappa shape index (κ3) is 4.13. The van der Waals surface area contributed by atoms with E-state index >= 15 is 0 Å². The maximum atomic E-state index is 12.8. The van der Waals surface area contributed by atoms with E-state index in [0.29, 0.717) is 6.54 Å². The fourth-order valence-corrected chi connectivity index (χ4v) is 2.88. The van der Waals surface area contributed by atoms with Gasteiger partial charge in [-0.2, -0.15) is 0 Å². The van der Waals surface area contributed by atoms with Crippen LogP contribution in [-0.4, -0.2) is 17.0 Å². The van der Waals surface area contributed by atoms with Crippen molar-refractivity contribution in [3.63, 3.8) is 0 Å². The quantitative estimate of drug-likeness (QED) is 0.660. The van der Waals surface area contributed by atoms with Crippen LogP contribution >= 0.6 is 0 Å². The molecule has 0 saturated carbocycles. The van der Waals surface area contributed by atoms with Crippen LogP contribution in [-0.2, 0) is 11.3 Å². The molecule has 0 atom stereocenters. The minimum absolute atomic E-state index is 0.0555. The molecule has 3 rings (SSSR count). The molecule has 122 valence electrons. The number of rotatable bonds is 7. The molecule has 0 spiro atoms. The summed E-state index contributed by atoms with van der Waals surface area (Å²) in [7, 11) is 0. The lowest BCUT2D eigenvalue weighted by molar-refractivity contribution is -0.121. The number of nitrogens with one attached hydrogen (secondary N) is 1. The van der Waals surface area contributed by atoms with Crippen LogP contribution in [0.4, 0.5) is 0 Å². The van der Waals surface area contributed by atoms with Crippen molar-refractivity contribution in [2.24, 2.45) is 0 Å². The summed E-state index contributed by atoms with van der Waals surface area (Å²) < 4.78 is 2.12. The lowest BCUT2D eigenvalue weighted by Gasteiger charge is -2.18. The van der Waals surface area contributed by atoms with E-state index in [4.69, 9.17) is 0 Å². The second kappa shape index (κ2) is 8.16. The lowest BCUT2D eigenvalue weighted by Crippen LogP contribution is -2.31. The van der Waals surface area contributed by atoms with Gasteiger partial charge in [-0.15, -0.1) is 0 Å². The third-order valence-electron chi connectivity index (χ3n) is 4.09. The molecule has 3 aromatic rings. The number of carbonyl (C=O) groups excluding carboxylic acids is 1. The largest absolute Gasteiger partial charge is 0.355 e. The number of hydrogen-bond acceptors (Lipinski definition) is 1. The fraction of sp³-hybridized carbons (Fsp3) is 0.190. The van der Waals surface area contributed by atoms with Gasteiger partial charge in [-0.25, -0.2) is 0 Å². The van der Waals surface area contributed by atoms with Gasteiger partial charge < -0.3 is 9.88 Å². The summed E-state index contributed by atoms with van der Waals surface area (Å²) in [6.07, 6.45) is 4.99. The molecular weight excluding hydrogens is 296 g/mol. The molecule has 1 heterocycles. The zero-order valence-electron chi connectivity index (χ0n) is 13.6. The van der Waals surface area contributed by atoms with Crippen molar-refractivity contribution in [3.8, 4) is 0 Å². The monoisotopic (exact) mass is 318 g/mol. The second-order valence-corrected chi connectivity index (χ2v) is 5.82. The number of benzene rings is 2. The molecule has 1 N–H and O–H groups in total. The highest BCUT2D eigenvalue weighted by molar-refractivity contribution is 5.87. The number of hydrogen-bond donors (Lipinski definition) is 1. The first-order valence-electron chi connectivity index (χ1n) is 8.33. The minimum atomic E-state index is -0.265. The highest BCUT2D eigenvalue weighted by Gasteiger charge is 2.21. The van der Waals surface area contributed by atoms with Crippen LogP contribution in [0.2, 0.25) is 0 Å². The Balaban J connectivity index is 1.65. The average Bonchev–Trinajstić information content (AvgIpc) is 3.14. The Hall–Kier alpha value is -2.81. The molecule has 2 aromatic carbocycles. The second-order valence-electron chi connectivity index (χ2n) is 5.82. The van der Waals surface area contributed by atoms with Crippen molar-refractivity contribution < 1.29 is 4.79 Å². The standard InChI is InChI=1S/C21H22N2O/c24-21(22-14-9-17-23-15-7-8-16-23)20(18-10-3-1-4-11-18)19-12-5-2-6-13-19/h1-8,10-13,15-16,20H,9,14,17H2,(H,22,24). The van der Waals surface area contributed by atoms with E-state index in [1.165, 1.54) is 0 Å². The highest BCUT2D eigenvalue weighted by atomic mass is 16.1. The zero-order chi connectivity index (χ0) is 16.6. The summed E-state index contributed by atoms with van der Waals surface area (Å²) in [5.74, 6) is -0.209. The van der Waals surface area contributed by atoms with Crippen LogP contribution in [0.5, 0.6) is 0 Å². The Morgan fingerprint density at radius 3 is 1.92 bits per heavy atom. The topological polar surface area (TPSA) is 34.0 Å². The molecule has 0 bridgehead atoms. The summed E-state index contributed by atoms with van der Waals surface area (Å²) in [5, 5.41) is 3.09. The Labute approximate surface area is 143 Å². The normalized spacial score (nSPS) is 10.7. The number of nitrogens with zero attached hydrogens (tertiary/aromatic N) is 1. The molecule has 0 aliphatic rings. The highest BCUT2D eigenvalue weighted by Crippen LogP contribution is 2.24. The van der Waals surface area contributed by atoms with E-state index in [1.54, 1.807) is 0 Å². The molecule has 0 saturated heterocycles. The first kappa shape index (κ1) is 16.1. The Bertz CT molecular complexity index is 697. The molecule has 3 nitrogen and oxygen atoms in total. The SMILES string of the molecule is O=C(NCCCn1cccc1)C(c1ccccc1)c1ccccc1. The maximum Gasteiger partial charge on any atom is 0.232 e. The predicted molar refractivity (Wildman–Crippen MR) is 96.8 cm³/mol. The van der Waals surface area contributed by atoms with Gasteiger partial charge in [0.2, 0.25) is 5.91 Å². The Kier molecular flexibility index (Phi) is 5.46. The Morgan fingerprint density at radius 1 is 0.833 bits per heavy atom. The minimum Gasteiger partial charge on any atom is -0.355 e. The van der Waals surface area contributed by atoms with Crippen molar-refractivity contribution in [2.45, 2.75) is 18.9 Å². The number of amides is 1. The van der Waals surface area contributed by atoms with Gasteiger partial charge in [0.05, 0.1) is 5.92 Å². The van der Waals surface area contributed by atoms with E-state index in [9.17, 15) is 4.79 Å². The van der Waals surface area contributed by atoms with Crippen LogP contribution in [0, 0.1) is 0 Å². The summed E-state index contributed by atoms with van der Waals surface area (Å²) in [6, 6.07) is 23.9. The third-order valence-corrected chi connectivity index (χ3v) is 4.09. The predicted octanol–water partition coefficient (Wildman–Crippen LogP) is 3.83. The zero-order valence-corrected chi connectivity index (χ0v) is 13.6. The van der Waals surface area contributed by atoms with Crippen molar-refractivity contribution in [1.82, 2.24) is 9.88 Å². The van der Waals surface area contributed by atoms with E-state index in [-0.39, 0.29) is 11.8 Å². The van der Waals surface area contributed by atoms with Gasteiger partial charge in [0.15, 0.2) is 0 Å². The Morgan fingerprint density at radius 2 is 1.38 bits per heavy atom. The molecule has 0 fully saturated rings. The average molecular weight is 318 g/mol.